The second kappa shape index (κ2) is 8.05. The number of anilines is 1. The van der Waals surface area contributed by atoms with Crippen LogP contribution in [0.15, 0.2) is 35.9 Å². The van der Waals surface area contributed by atoms with Gasteiger partial charge in [-0.3, -0.25) is 9.08 Å². The summed E-state index contributed by atoms with van der Waals surface area (Å²) in [7, 11) is 4.04. The summed E-state index contributed by atoms with van der Waals surface area (Å²) < 4.78 is 6.20. The lowest BCUT2D eigenvalue weighted by atomic mass is 9.95. The van der Waals surface area contributed by atoms with Crippen molar-refractivity contribution in [3.63, 3.8) is 0 Å². The van der Waals surface area contributed by atoms with Gasteiger partial charge in [0.1, 0.15) is 0 Å². The van der Waals surface area contributed by atoms with E-state index in [4.69, 9.17) is 9.97 Å². The summed E-state index contributed by atoms with van der Waals surface area (Å²) in [5.74, 6) is 1.43. The van der Waals surface area contributed by atoms with E-state index in [9.17, 15) is 0 Å². The van der Waals surface area contributed by atoms with Gasteiger partial charge in [-0.1, -0.05) is 0 Å². The molecule has 1 fully saturated rings. The Labute approximate surface area is 180 Å². The highest BCUT2D eigenvalue weighted by Crippen LogP contribution is 2.33. The van der Waals surface area contributed by atoms with Gasteiger partial charge >= 0.3 is 0 Å². The molecule has 2 aliphatic rings. The third kappa shape index (κ3) is 3.84. The molecule has 0 aromatic carbocycles. The van der Waals surface area contributed by atoms with E-state index in [1.807, 2.05) is 30.3 Å². The minimum Gasteiger partial charge on any atom is -0.331 e. The Bertz CT molecular complexity index is 1080. The summed E-state index contributed by atoms with van der Waals surface area (Å²) in [6, 6.07) is 0.385. The number of rotatable bonds is 5. The third-order valence-corrected chi connectivity index (χ3v) is 6.94. The van der Waals surface area contributed by atoms with Crippen molar-refractivity contribution in [3.05, 3.63) is 41.6 Å². The number of aryl methyl sites for hydroxylation is 1. The topological polar surface area (TPSA) is 75.3 Å². The lowest BCUT2D eigenvalue weighted by Gasteiger charge is -2.22. The van der Waals surface area contributed by atoms with Crippen molar-refractivity contribution in [1.29, 1.82) is 0 Å². The van der Waals surface area contributed by atoms with Crippen LogP contribution in [0.1, 0.15) is 25.5 Å². The van der Waals surface area contributed by atoms with Gasteiger partial charge in [0, 0.05) is 31.0 Å². The van der Waals surface area contributed by atoms with Crippen LogP contribution in [0.25, 0.3) is 16.9 Å². The minimum absolute atomic E-state index is 0.385. The second-order valence-electron chi connectivity index (χ2n) is 8.27. The molecule has 8 nitrogen and oxygen atoms in total. The van der Waals surface area contributed by atoms with Crippen LogP contribution in [-0.4, -0.2) is 54.6 Å². The average Bonchev–Trinajstić information content (AvgIpc) is 3.42. The Morgan fingerprint density at radius 3 is 2.87 bits per heavy atom. The Balaban J connectivity index is 1.54. The van der Waals surface area contributed by atoms with Crippen molar-refractivity contribution in [2.24, 2.45) is 13.0 Å². The summed E-state index contributed by atoms with van der Waals surface area (Å²) in [5, 5.41) is 12.5. The number of hydrogen-bond acceptors (Lipinski definition) is 7. The molecule has 0 spiro atoms. The predicted molar refractivity (Wildman–Crippen MR) is 121 cm³/mol. The highest BCUT2D eigenvalue weighted by molar-refractivity contribution is 8.01. The molecule has 0 bridgehead atoms. The first-order valence-electron chi connectivity index (χ1n) is 10.5. The van der Waals surface area contributed by atoms with Crippen LogP contribution in [0, 0.1) is 5.92 Å². The van der Waals surface area contributed by atoms with E-state index in [0.29, 0.717) is 12.0 Å². The molecule has 2 atom stereocenters. The summed E-state index contributed by atoms with van der Waals surface area (Å²) in [6.07, 6.45) is 13.6. The zero-order valence-corrected chi connectivity index (χ0v) is 18.5. The Morgan fingerprint density at radius 1 is 1.27 bits per heavy atom. The Kier molecular flexibility index (Phi) is 5.26. The SMILES string of the molecule is CC1C=C(Nc2nc(CC3CCCNC3)cn3c(-c4cnn(C)c4)cnc23)SN1C. The first-order chi connectivity index (χ1) is 14.6. The molecule has 5 rings (SSSR count). The first-order valence-corrected chi connectivity index (χ1v) is 11.3. The van der Waals surface area contributed by atoms with Crippen molar-refractivity contribution < 1.29 is 0 Å². The van der Waals surface area contributed by atoms with E-state index in [1.54, 1.807) is 11.9 Å². The average molecular weight is 425 g/mol. The van der Waals surface area contributed by atoms with E-state index < -0.39 is 0 Å². The molecule has 0 saturated carbocycles. The van der Waals surface area contributed by atoms with Crippen LogP contribution < -0.4 is 10.6 Å². The van der Waals surface area contributed by atoms with Gasteiger partial charge < -0.3 is 10.6 Å². The number of fused-ring (bicyclic) bond motifs is 1. The van der Waals surface area contributed by atoms with Crippen LogP contribution >= 0.6 is 11.9 Å². The molecule has 0 aliphatic carbocycles. The van der Waals surface area contributed by atoms with Crippen LogP contribution in [0.2, 0.25) is 0 Å². The molecule has 0 radical (unpaired) electrons. The standard InChI is InChI=1S/C21H28N8S/c1-14-7-19(30-28(14)3)26-20-21-23-11-18(16-10-24-27(2)12-16)29(21)13-17(25-20)8-15-5-4-6-22-9-15/h7,10-15,22H,4-6,8-9H2,1-3H3,(H,25,26). The van der Waals surface area contributed by atoms with Crippen LogP contribution in [0.5, 0.6) is 0 Å². The molecule has 2 N–H and O–H groups in total. The fourth-order valence-electron chi connectivity index (χ4n) is 4.16. The zero-order valence-electron chi connectivity index (χ0n) is 17.7. The van der Waals surface area contributed by atoms with Crippen LogP contribution in [0.4, 0.5) is 5.82 Å². The lowest BCUT2D eigenvalue weighted by Crippen LogP contribution is -2.31. The monoisotopic (exact) mass is 424 g/mol. The molecule has 1 saturated heterocycles. The fourth-order valence-corrected chi connectivity index (χ4v) is 5.09. The number of likely N-dealkylation sites (N-methyl/N-ethyl adjacent to an activating group) is 1. The van der Waals surface area contributed by atoms with E-state index in [2.05, 4.69) is 50.7 Å². The molecule has 30 heavy (non-hydrogen) atoms. The molecule has 2 unspecified atom stereocenters. The molecule has 3 aromatic heterocycles. The summed E-state index contributed by atoms with van der Waals surface area (Å²) >= 11 is 1.71. The van der Waals surface area contributed by atoms with Gasteiger partial charge in [0.15, 0.2) is 11.5 Å². The molecule has 5 heterocycles. The quantitative estimate of drug-likeness (QED) is 0.610. The van der Waals surface area contributed by atoms with Crippen molar-refractivity contribution in [1.82, 2.24) is 33.8 Å². The largest absolute Gasteiger partial charge is 0.331 e. The van der Waals surface area contributed by atoms with E-state index in [1.165, 1.54) is 12.8 Å². The van der Waals surface area contributed by atoms with Crippen LogP contribution in [0.3, 0.4) is 0 Å². The molecular weight excluding hydrogens is 396 g/mol. The van der Waals surface area contributed by atoms with Crippen molar-refractivity contribution >= 4 is 23.4 Å². The number of aromatic nitrogens is 5. The normalized spacial score (nSPS) is 22.6. The van der Waals surface area contributed by atoms with Crippen molar-refractivity contribution in [2.75, 3.05) is 25.5 Å². The van der Waals surface area contributed by atoms with Gasteiger partial charge in [-0.2, -0.15) is 5.10 Å². The smallest absolute Gasteiger partial charge is 0.180 e. The maximum absolute atomic E-state index is 5.01. The van der Waals surface area contributed by atoms with Gasteiger partial charge in [0.2, 0.25) is 0 Å². The minimum atomic E-state index is 0.385. The van der Waals surface area contributed by atoms with Gasteiger partial charge in [0.05, 0.1) is 28.8 Å². The molecule has 158 valence electrons. The molecular formula is C21H28N8S. The number of nitrogens with zero attached hydrogens (tertiary/aromatic N) is 6. The number of piperidine rings is 1. The molecule has 9 heteroatoms. The Morgan fingerprint density at radius 2 is 2.17 bits per heavy atom. The van der Waals surface area contributed by atoms with Gasteiger partial charge in [-0.05, 0) is 70.3 Å². The summed E-state index contributed by atoms with van der Waals surface area (Å²) in [6.45, 7) is 4.37. The maximum atomic E-state index is 5.01. The highest BCUT2D eigenvalue weighted by atomic mass is 32.2. The molecule has 0 amide bonds. The van der Waals surface area contributed by atoms with Gasteiger partial charge in [-0.15, -0.1) is 0 Å². The van der Waals surface area contributed by atoms with E-state index >= 15 is 0 Å². The maximum Gasteiger partial charge on any atom is 0.180 e. The highest BCUT2D eigenvalue weighted by Gasteiger charge is 2.22. The number of hydrogen-bond donors (Lipinski definition) is 2. The molecule has 2 aliphatic heterocycles. The Hall–Kier alpha value is -2.36. The first kappa shape index (κ1) is 19.6. The number of imidazole rings is 1. The summed E-state index contributed by atoms with van der Waals surface area (Å²) in [4.78, 5) is 9.72. The number of nitrogens with one attached hydrogen (secondary N) is 2. The zero-order chi connectivity index (χ0) is 20.7. The van der Waals surface area contributed by atoms with Crippen LogP contribution in [-0.2, 0) is 13.5 Å². The van der Waals surface area contributed by atoms with Gasteiger partial charge in [0.25, 0.3) is 0 Å². The van der Waals surface area contributed by atoms with Gasteiger partial charge in [-0.25, -0.2) is 14.3 Å². The molecule has 3 aromatic rings. The summed E-state index contributed by atoms with van der Waals surface area (Å²) in [5.41, 5.74) is 4.01. The second-order valence-corrected chi connectivity index (χ2v) is 9.47. The van der Waals surface area contributed by atoms with Crippen molar-refractivity contribution in [3.8, 4) is 11.3 Å². The third-order valence-electron chi connectivity index (χ3n) is 5.89. The van der Waals surface area contributed by atoms with E-state index in [0.717, 1.165) is 53.0 Å². The van der Waals surface area contributed by atoms with Crippen molar-refractivity contribution in [2.45, 2.75) is 32.2 Å². The van der Waals surface area contributed by atoms with E-state index in [-0.39, 0.29) is 0 Å². The fraction of sp³-hybridized carbons (Fsp3) is 0.476. The predicted octanol–water partition coefficient (Wildman–Crippen LogP) is 2.91. The lowest BCUT2D eigenvalue weighted by molar-refractivity contribution is 0.373.